The Labute approximate surface area is 75.8 Å². The molecule has 0 spiro atoms. The summed E-state index contributed by atoms with van der Waals surface area (Å²) in [5.74, 6) is 1.08. The number of phenols is 1. The zero-order valence-electron chi connectivity index (χ0n) is 6.90. The lowest BCUT2D eigenvalue weighted by atomic mass is 10.0. The summed E-state index contributed by atoms with van der Waals surface area (Å²) >= 11 is 0. The minimum absolute atomic E-state index is 0.0169. The number of phenolic OH excluding ortho intramolecular Hbond substituents is 1. The van der Waals surface area contributed by atoms with Gasteiger partial charge < -0.3 is 9.84 Å². The summed E-state index contributed by atoms with van der Waals surface area (Å²) in [6, 6.07) is 5.35. The van der Waals surface area contributed by atoms with Crippen molar-refractivity contribution in [3.05, 3.63) is 42.0 Å². The van der Waals surface area contributed by atoms with Gasteiger partial charge >= 0.3 is 0 Å². The molecule has 0 radical (unpaired) electrons. The maximum Gasteiger partial charge on any atom is 0.143 e. The van der Waals surface area contributed by atoms with Crippen LogP contribution in [0.3, 0.4) is 0 Å². The Kier molecular flexibility index (Phi) is 1.13. The highest BCUT2D eigenvalue weighted by Gasteiger charge is 2.30. The molecule has 1 aromatic rings. The van der Waals surface area contributed by atoms with Crippen LogP contribution in [0.15, 0.2) is 36.4 Å². The number of aromatic hydroxyl groups is 1. The number of allylic oxidation sites excluding steroid dienone is 2. The molecule has 1 atom stereocenters. The minimum atomic E-state index is 0.0169. The average molecular weight is 172 g/mol. The third kappa shape index (κ3) is 0.773. The van der Waals surface area contributed by atoms with Crippen LogP contribution in [0.5, 0.6) is 11.5 Å². The van der Waals surface area contributed by atoms with Gasteiger partial charge in [0, 0.05) is 5.57 Å². The van der Waals surface area contributed by atoms with Crippen molar-refractivity contribution in [2.45, 2.75) is 6.10 Å². The molecule has 1 unspecified atom stereocenters. The van der Waals surface area contributed by atoms with Crippen LogP contribution in [0.4, 0.5) is 0 Å². The summed E-state index contributed by atoms with van der Waals surface area (Å²) in [4.78, 5) is 0. The van der Waals surface area contributed by atoms with Gasteiger partial charge in [0.1, 0.15) is 17.6 Å². The topological polar surface area (TPSA) is 29.5 Å². The van der Waals surface area contributed by atoms with Crippen molar-refractivity contribution in [2.75, 3.05) is 0 Å². The molecule has 3 rings (SSSR count). The maximum atomic E-state index is 9.63. The molecule has 2 aliphatic rings. The summed E-state index contributed by atoms with van der Waals surface area (Å²) in [5, 5.41) is 9.63. The Morgan fingerprint density at radius 2 is 2.23 bits per heavy atom. The van der Waals surface area contributed by atoms with Gasteiger partial charge in [0.25, 0.3) is 0 Å². The lowest BCUT2D eigenvalue weighted by molar-refractivity contribution is 0.324. The molecular formula is C11H8O2. The van der Waals surface area contributed by atoms with Crippen LogP contribution in [0.25, 0.3) is 5.57 Å². The van der Waals surface area contributed by atoms with Crippen molar-refractivity contribution in [3.8, 4) is 11.5 Å². The van der Waals surface area contributed by atoms with Crippen molar-refractivity contribution in [1.82, 2.24) is 0 Å². The molecule has 2 nitrogen and oxygen atoms in total. The molecule has 13 heavy (non-hydrogen) atoms. The first-order valence-electron chi connectivity index (χ1n) is 4.23. The molecule has 0 bridgehead atoms. The van der Waals surface area contributed by atoms with E-state index in [-0.39, 0.29) is 6.10 Å². The first-order chi connectivity index (χ1) is 6.36. The highest BCUT2D eigenvalue weighted by atomic mass is 16.5. The number of rotatable bonds is 0. The average Bonchev–Trinajstić information content (AvgIpc) is 2.62. The number of benzene rings is 1. The van der Waals surface area contributed by atoms with Gasteiger partial charge in [0.15, 0.2) is 0 Å². The van der Waals surface area contributed by atoms with Crippen LogP contribution in [0.2, 0.25) is 0 Å². The highest BCUT2D eigenvalue weighted by molar-refractivity contribution is 5.84. The van der Waals surface area contributed by atoms with Crippen LogP contribution in [0.1, 0.15) is 5.56 Å². The molecule has 0 saturated heterocycles. The zero-order chi connectivity index (χ0) is 8.84. The van der Waals surface area contributed by atoms with Crippen molar-refractivity contribution in [3.63, 3.8) is 0 Å². The molecule has 1 N–H and O–H groups in total. The highest BCUT2D eigenvalue weighted by Crippen LogP contribution is 2.44. The molecule has 0 saturated carbocycles. The van der Waals surface area contributed by atoms with Gasteiger partial charge in [-0.2, -0.15) is 0 Å². The van der Waals surface area contributed by atoms with Crippen LogP contribution in [0, 0.1) is 0 Å². The van der Waals surface area contributed by atoms with Crippen LogP contribution in [-0.4, -0.2) is 11.2 Å². The Morgan fingerprint density at radius 1 is 1.31 bits per heavy atom. The van der Waals surface area contributed by atoms with E-state index in [2.05, 4.69) is 0 Å². The molecule has 0 aromatic heterocycles. The monoisotopic (exact) mass is 172 g/mol. The molecule has 64 valence electrons. The Balaban J connectivity index is 2.26. The van der Waals surface area contributed by atoms with E-state index in [4.69, 9.17) is 4.74 Å². The fourth-order valence-corrected chi connectivity index (χ4v) is 1.83. The van der Waals surface area contributed by atoms with E-state index in [1.165, 1.54) is 0 Å². The molecule has 1 aliphatic heterocycles. The third-order valence-electron chi connectivity index (χ3n) is 2.42. The largest absolute Gasteiger partial charge is 0.507 e. The number of hydrogen-bond donors (Lipinski definition) is 1. The predicted molar refractivity (Wildman–Crippen MR) is 49.6 cm³/mol. The maximum absolute atomic E-state index is 9.63. The second-order valence-corrected chi connectivity index (χ2v) is 3.20. The lowest BCUT2D eigenvalue weighted by Crippen LogP contribution is -2.04. The van der Waals surface area contributed by atoms with Gasteiger partial charge in [0.2, 0.25) is 0 Å². The second-order valence-electron chi connectivity index (χ2n) is 3.20. The van der Waals surface area contributed by atoms with Crippen LogP contribution < -0.4 is 4.74 Å². The summed E-state index contributed by atoms with van der Waals surface area (Å²) in [6.45, 7) is 0. The fourth-order valence-electron chi connectivity index (χ4n) is 1.83. The fraction of sp³-hybridized carbons (Fsp3) is 0.0909. The quantitative estimate of drug-likeness (QED) is 0.649. The molecule has 1 aromatic carbocycles. The summed E-state index contributed by atoms with van der Waals surface area (Å²) < 4.78 is 5.60. The van der Waals surface area contributed by atoms with Gasteiger partial charge in [-0.1, -0.05) is 18.2 Å². The van der Waals surface area contributed by atoms with E-state index in [1.807, 2.05) is 24.3 Å². The molecule has 1 heterocycles. The van der Waals surface area contributed by atoms with Gasteiger partial charge in [-0.25, -0.2) is 0 Å². The number of hydrogen-bond acceptors (Lipinski definition) is 2. The van der Waals surface area contributed by atoms with Gasteiger partial charge in [-0.15, -0.1) is 0 Å². The first kappa shape index (κ1) is 6.78. The van der Waals surface area contributed by atoms with Gasteiger partial charge in [-0.3, -0.25) is 0 Å². The number of fused-ring (bicyclic) bond motifs is 3. The Bertz CT molecular complexity index is 430. The normalized spacial score (nSPS) is 22.2. The predicted octanol–water partition coefficient (Wildman–Crippen LogP) is 2.11. The standard InChI is InChI=1S/C11H8O2/c12-8-4-2-6-10-11(8)7-3-1-5-9(7)13-10/h1-6,9,12H. The van der Waals surface area contributed by atoms with Gasteiger partial charge in [-0.05, 0) is 18.2 Å². The number of ether oxygens (including phenoxy) is 1. The van der Waals surface area contributed by atoms with Crippen molar-refractivity contribution >= 4 is 5.57 Å². The van der Waals surface area contributed by atoms with Crippen molar-refractivity contribution < 1.29 is 9.84 Å². The molecule has 0 fully saturated rings. The molecule has 2 heteroatoms. The molecule has 0 amide bonds. The molecule has 1 aliphatic carbocycles. The minimum Gasteiger partial charge on any atom is -0.507 e. The smallest absolute Gasteiger partial charge is 0.143 e. The van der Waals surface area contributed by atoms with Gasteiger partial charge in [0.05, 0.1) is 5.56 Å². The summed E-state index contributed by atoms with van der Waals surface area (Å²) in [6.07, 6.45) is 5.93. The second kappa shape index (κ2) is 2.16. The van der Waals surface area contributed by atoms with E-state index in [0.29, 0.717) is 5.75 Å². The van der Waals surface area contributed by atoms with Crippen LogP contribution in [-0.2, 0) is 0 Å². The van der Waals surface area contributed by atoms with Crippen molar-refractivity contribution in [2.24, 2.45) is 0 Å². The van der Waals surface area contributed by atoms with E-state index in [1.54, 1.807) is 12.1 Å². The van der Waals surface area contributed by atoms with E-state index in [9.17, 15) is 5.11 Å². The van der Waals surface area contributed by atoms with E-state index in [0.717, 1.165) is 16.9 Å². The SMILES string of the molecule is Oc1cccc2c1C1=CC=CC1O2. The van der Waals surface area contributed by atoms with E-state index < -0.39 is 0 Å². The van der Waals surface area contributed by atoms with Crippen LogP contribution >= 0.6 is 0 Å². The summed E-state index contributed by atoms with van der Waals surface area (Å²) in [7, 11) is 0. The Hall–Kier alpha value is -1.70. The Morgan fingerprint density at radius 3 is 3.15 bits per heavy atom. The first-order valence-corrected chi connectivity index (χ1v) is 4.23. The third-order valence-corrected chi connectivity index (χ3v) is 2.42. The summed E-state index contributed by atoms with van der Waals surface area (Å²) in [5.41, 5.74) is 1.91. The zero-order valence-corrected chi connectivity index (χ0v) is 6.90. The lowest BCUT2D eigenvalue weighted by Gasteiger charge is -2.01. The van der Waals surface area contributed by atoms with E-state index >= 15 is 0 Å². The van der Waals surface area contributed by atoms with Crippen molar-refractivity contribution in [1.29, 1.82) is 0 Å². The molecular weight excluding hydrogens is 164 g/mol.